The molecule has 0 spiro atoms. The molecule has 1 saturated carbocycles. The van der Waals surface area contributed by atoms with Crippen LogP contribution < -0.4 is 5.32 Å². The molecule has 1 aliphatic carbocycles. The van der Waals surface area contributed by atoms with E-state index in [0.29, 0.717) is 18.4 Å². The number of rotatable bonds is 3. The van der Waals surface area contributed by atoms with Gasteiger partial charge < -0.3 is 5.32 Å². The summed E-state index contributed by atoms with van der Waals surface area (Å²) in [5.41, 5.74) is 0. The Balaban J connectivity index is 2.25. The van der Waals surface area contributed by atoms with E-state index in [0.717, 1.165) is 6.42 Å². The van der Waals surface area contributed by atoms with Crippen LogP contribution in [0, 0.1) is 5.92 Å². The molecule has 2 nitrogen and oxygen atoms in total. The van der Waals surface area contributed by atoms with E-state index in [1.807, 2.05) is 6.92 Å². The lowest BCUT2D eigenvalue weighted by Gasteiger charge is -2.16. The summed E-state index contributed by atoms with van der Waals surface area (Å²) in [6, 6.07) is 0.462. The van der Waals surface area contributed by atoms with Gasteiger partial charge in [0.05, 0.1) is 0 Å². The van der Waals surface area contributed by atoms with Gasteiger partial charge in [-0.05, 0) is 25.2 Å². The zero-order valence-electron chi connectivity index (χ0n) is 8.10. The van der Waals surface area contributed by atoms with E-state index in [1.54, 1.807) is 0 Å². The highest BCUT2D eigenvalue weighted by Gasteiger charge is 2.23. The van der Waals surface area contributed by atoms with Gasteiger partial charge in [0, 0.05) is 12.5 Å². The van der Waals surface area contributed by atoms with E-state index in [4.69, 9.17) is 0 Å². The highest BCUT2D eigenvalue weighted by atomic mass is 16.1. The second-order valence-corrected chi connectivity index (χ2v) is 3.83. The number of carbonyl (C=O) groups excluding carboxylic acids is 1. The van der Waals surface area contributed by atoms with Crippen LogP contribution in [0.5, 0.6) is 0 Å². The molecule has 0 bridgehead atoms. The Kier molecular flexibility index (Phi) is 3.57. The van der Waals surface area contributed by atoms with Gasteiger partial charge in [-0.2, -0.15) is 0 Å². The summed E-state index contributed by atoms with van der Waals surface area (Å²) in [6.45, 7) is 4.27. The average Bonchev–Trinajstić information content (AvgIpc) is 2.37. The molecule has 0 saturated heterocycles. The fourth-order valence-corrected chi connectivity index (χ4v) is 1.87. The highest BCUT2D eigenvalue weighted by Crippen LogP contribution is 2.24. The van der Waals surface area contributed by atoms with Gasteiger partial charge >= 0.3 is 0 Å². The van der Waals surface area contributed by atoms with Gasteiger partial charge in [0.25, 0.3) is 0 Å². The normalized spacial score (nSPS) is 28.8. The van der Waals surface area contributed by atoms with Gasteiger partial charge in [0.15, 0.2) is 0 Å². The molecule has 1 fully saturated rings. The molecule has 12 heavy (non-hydrogen) atoms. The fraction of sp³-hybridized carbons (Fsp3) is 0.900. The predicted octanol–water partition coefficient (Wildman–Crippen LogP) is 2.09. The topological polar surface area (TPSA) is 29.1 Å². The maximum Gasteiger partial charge on any atom is 0.220 e. The SMILES string of the molecule is CCCC(=O)N[C@@H]1CCC[C@@H]1C. The summed E-state index contributed by atoms with van der Waals surface area (Å²) in [7, 11) is 0. The zero-order valence-corrected chi connectivity index (χ0v) is 8.10. The Morgan fingerprint density at radius 1 is 1.50 bits per heavy atom. The number of amides is 1. The van der Waals surface area contributed by atoms with Crippen LogP contribution >= 0.6 is 0 Å². The third kappa shape index (κ3) is 2.50. The van der Waals surface area contributed by atoms with Crippen LogP contribution in [0.15, 0.2) is 0 Å². The number of carbonyl (C=O) groups is 1. The van der Waals surface area contributed by atoms with Crippen molar-refractivity contribution in [1.82, 2.24) is 5.32 Å². The van der Waals surface area contributed by atoms with Crippen molar-refractivity contribution in [3.05, 3.63) is 0 Å². The van der Waals surface area contributed by atoms with Crippen LogP contribution in [0.1, 0.15) is 46.0 Å². The monoisotopic (exact) mass is 169 g/mol. The summed E-state index contributed by atoms with van der Waals surface area (Å²) in [4.78, 5) is 11.2. The highest BCUT2D eigenvalue weighted by molar-refractivity contribution is 5.76. The maximum atomic E-state index is 11.2. The largest absolute Gasteiger partial charge is 0.353 e. The molecule has 70 valence electrons. The van der Waals surface area contributed by atoms with Crippen molar-refractivity contribution in [3.63, 3.8) is 0 Å². The molecular weight excluding hydrogens is 150 g/mol. The Hall–Kier alpha value is -0.530. The van der Waals surface area contributed by atoms with Crippen molar-refractivity contribution in [2.24, 2.45) is 5.92 Å². The van der Waals surface area contributed by atoms with Gasteiger partial charge in [-0.1, -0.05) is 20.3 Å². The summed E-state index contributed by atoms with van der Waals surface area (Å²) < 4.78 is 0. The van der Waals surface area contributed by atoms with E-state index < -0.39 is 0 Å². The third-order valence-electron chi connectivity index (χ3n) is 2.68. The maximum absolute atomic E-state index is 11.2. The fourth-order valence-electron chi connectivity index (χ4n) is 1.87. The molecule has 1 amide bonds. The van der Waals surface area contributed by atoms with Crippen molar-refractivity contribution in [3.8, 4) is 0 Å². The van der Waals surface area contributed by atoms with Crippen molar-refractivity contribution in [1.29, 1.82) is 0 Å². The second-order valence-electron chi connectivity index (χ2n) is 3.83. The summed E-state index contributed by atoms with van der Waals surface area (Å²) >= 11 is 0. The first-order valence-corrected chi connectivity index (χ1v) is 5.03. The van der Waals surface area contributed by atoms with Gasteiger partial charge in [0.1, 0.15) is 0 Å². The Morgan fingerprint density at radius 3 is 2.75 bits per heavy atom. The van der Waals surface area contributed by atoms with Crippen LogP contribution in [0.3, 0.4) is 0 Å². The van der Waals surface area contributed by atoms with Crippen LogP contribution in [0.4, 0.5) is 0 Å². The lowest BCUT2D eigenvalue weighted by Crippen LogP contribution is -2.36. The minimum absolute atomic E-state index is 0.233. The van der Waals surface area contributed by atoms with E-state index in [2.05, 4.69) is 12.2 Å². The molecule has 2 heteroatoms. The molecule has 0 unspecified atom stereocenters. The van der Waals surface area contributed by atoms with Gasteiger partial charge in [-0.15, -0.1) is 0 Å². The minimum Gasteiger partial charge on any atom is -0.353 e. The van der Waals surface area contributed by atoms with Crippen molar-refractivity contribution >= 4 is 5.91 Å². The molecule has 1 N–H and O–H groups in total. The Bertz CT molecular complexity index is 156. The molecule has 0 aromatic rings. The molecule has 2 atom stereocenters. The van der Waals surface area contributed by atoms with Crippen molar-refractivity contribution < 1.29 is 4.79 Å². The smallest absolute Gasteiger partial charge is 0.220 e. The molecule has 1 rings (SSSR count). The quantitative estimate of drug-likeness (QED) is 0.688. The number of hydrogen-bond acceptors (Lipinski definition) is 1. The first kappa shape index (κ1) is 9.56. The molecule has 0 aromatic carbocycles. The van der Waals surface area contributed by atoms with Crippen molar-refractivity contribution in [2.75, 3.05) is 0 Å². The van der Waals surface area contributed by atoms with Crippen LogP contribution in [0.2, 0.25) is 0 Å². The van der Waals surface area contributed by atoms with E-state index >= 15 is 0 Å². The lowest BCUT2D eigenvalue weighted by molar-refractivity contribution is -0.122. The average molecular weight is 169 g/mol. The molecule has 0 heterocycles. The van der Waals surface area contributed by atoms with Gasteiger partial charge in [0.2, 0.25) is 5.91 Å². The van der Waals surface area contributed by atoms with E-state index in [-0.39, 0.29) is 5.91 Å². The van der Waals surface area contributed by atoms with E-state index in [9.17, 15) is 4.79 Å². The molecular formula is C10H19NO. The molecule has 0 aliphatic heterocycles. The van der Waals surface area contributed by atoms with E-state index in [1.165, 1.54) is 19.3 Å². The molecule has 1 aliphatic rings. The summed E-state index contributed by atoms with van der Waals surface area (Å²) in [5, 5.41) is 3.09. The third-order valence-corrected chi connectivity index (χ3v) is 2.68. The number of nitrogens with one attached hydrogen (secondary N) is 1. The summed E-state index contributed by atoms with van der Waals surface area (Å²) in [5.74, 6) is 0.919. The van der Waals surface area contributed by atoms with Crippen LogP contribution in [-0.2, 0) is 4.79 Å². The predicted molar refractivity (Wildman–Crippen MR) is 49.9 cm³/mol. The Labute approximate surface area is 74.7 Å². The number of hydrogen-bond donors (Lipinski definition) is 1. The zero-order chi connectivity index (χ0) is 8.97. The standard InChI is InChI=1S/C10H19NO/c1-3-5-10(12)11-9-7-4-6-8(9)2/h8-9H,3-7H2,1-2H3,(H,11,12)/t8-,9+/m0/s1. The Morgan fingerprint density at radius 2 is 2.25 bits per heavy atom. The first-order valence-electron chi connectivity index (χ1n) is 5.03. The first-order chi connectivity index (χ1) is 5.74. The minimum atomic E-state index is 0.233. The van der Waals surface area contributed by atoms with Crippen LogP contribution in [0.25, 0.3) is 0 Å². The van der Waals surface area contributed by atoms with Gasteiger partial charge in [-0.3, -0.25) is 4.79 Å². The summed E-state index contributed by atoms with van der Waals surface area (Å²) in [6.07, 6.45) is 5.36. The van der Waals surface area contributed by atoms with Crippen molar-refractivity contribution in [2.45, 2.75) is 52.0 Å². The lowest BCUT2D eigenvalue weighted by atomic mass is 10.1. The van der Waals surface area contributed by atoms with Gasteiger partial charge in [-0.25, -0.2) is 0 Å². The second kappa shape index (κ2) is 4.48. The van der Waals surface area contributed by atoms with Crippen LogP contribution in [-0.4, -0.2) is 11.9 Å². The molecule has 0 radical (unpaired) electrons. The molecule has 0 aromatic heterocycles.